The molecule has 0 amide bonds. The molecule has 4 aromatic rings. The Bertz CT molecular complexity index is 1030. The van der Waals surface area contributed by atoms with E-state index in [0.717, 1.165) is 27.0 Å². The maximum atomic E-state index is 4.51. The number of aryl methyl sites for hydroxylation is 1. The summed E-state index contributed by atoms with van der Waals surface area (Å²) in [5.74, 6) is 1.27. The lowest BCUT2D eigenvalue weighted by Gasteiger charge is -2.04. The molecule has 0 aliphatic heterocycles. The Hall–Kier alpha value is -2.81. The van der Waals surface area contributed by atoms with Crippen molar-refractivity contribution in [1.29, 1.82) is 0 Å². The second kappa shape index (κ2) is 5.10. The first-order chi connectivity index (χ1) is 11.8. The number of aromatic nitrogens is 7. The third-order valence-electron chi connectivity index (χ3n) is 4.02. The Morgan fingerprint density at radius 1 is 1.21 bits per heavy atom. The van der Waals surface area contributed by atoms with Crippen LogP contribution in [0, 0.1) is 0 Å². The molecule has 4 aromatic heterocycles. The maximum Gasteiger partial charge on any atom is 0.211 e. The fraction of sp³-hybridized carbons (Fsp3) is 0.267. The smallest absolute Gasteiger partial charge is 0.211 e. The normalized spacial score (nSPS) is 14.4. The average Bonchev–Trinajstić information content (AvgIpc) is 2.97. The van der Waals surface area contributed by atoms with E-state index in [1.54, 1.807) is 22.2 Å². The maximum absolute atomic E-state index is 4.51. The molecule has 1 N–H and O–H groups in total. The topological polar surface area (TPSA) is 85.8 Å². The molecule has 1 aliphatic rings. The van der Waals surface area contributed by atoms with Crippen molar-refractivity contribution in [2.45, 2.75) is 18.8 Å². The van der Waals surface area contributed by atoms with Crippen molar-refractivity contribution in [3.63, 3.8) is 0 Å². The van der Waals surface area contributed by atoms with Crippen LogP contribution in [-0.2, 0) is 7.05 Å². The van der Waals surface area contributed by atoms with E-state index in [4.69, 9.17) is 0 Å². The molecule has 1 aliphatic carbocycles. The molecule has 0 atom stereocenters. The highest BCUT2D eigenvalue weighted by molar-refractivity contribution is 7.15. The molecule has 8 nitrogen and oxygen atoms in total. The largest absolute Gasteiger partial charge is 0.312 e. The van der Waals surface area contributed by atoms with E-state index in [0.29, 0.717) is 11.7 Å². The highest BCUT2D eigenvalue weighted by Crippen LogP contribution is 2.42. The van der Waals surface area contributed by atoms with E-state index in [1.165, 1.54) is 12.8 Å². The molecule has 0 radical (unpaired) electrons. The molecule has 1 saturated carbocycles. The van der Waals surface area contributed by atoms with Crippen molar-refractivity contribution in [1.82, 2.24) is 34.3 Å². The average molecular weight is 338 g/mol. The van der Waals surface area contributed by atoms with Crippen LogP contribution in [0.2, 0.25) is 0 Å². The van der Waals surface area contributed by atoms with Gasteiger partial charge in [0.15, 0.2) is 11.5 Å². The summed E-state index contributed by atoms with van der Waals surface area (Å²) in [5.41, 5.74) is 2.73. The van der Waals surface area contributed by atoms with E-state index in [-0.39, 0.29) is 0 Å². The van der Waals surface area contributed by atoms with Crippen LogP contribution in [0.1, 0.15) is 23.8 Å². The predicted molar refractivity (Wildman–Crippen MR) is 90.4 cm³/mol. The summed E-state index contributed by atoms with van der Waals surface area (Å²) < 4.78 is 3.77. The predicted octanol–water partition coefficient (Wildman–Crippen LogP) is 2.60. The van der Waals surface area contributed by atoms with E-state index < -0.39 is 0 Å². The third-order valence-corrected chi connectivity index (χ3v) is 5.02. The van der Waals surface area contributed by atoms with Gasteiger partial charge < -0.3 is 5.32 Å². The monoisotopic (exact) mass is 338 g/mol. The minimum Gasteiger partial charge on any atom is -0.312 e. The fourth-order valence-corrected chi connectivity index (χ4v) is 3.57. The molecule has 0 bridgehead atoms. The van der Waals surface area contributed by atoms with Crippen LogP contribution in [0.15, 0.2) is 31.0 Å². The molecule has 4 heterocycles. The Kier molecular flexibility index (Phi) is 2.89. The lowest BCUT2D eigenvalue weighted by molar-refractivity contribution is 0.768. The molecular weight excluding hydrogens is 324 g/mol. The molecule has 9 heteroatoms. The number of hydrogen-bond acceptors (Lipinski definition) is 7. The van der Waals surface area contributed by atoms with Crippen LogP contribution in [-0.4, -0.2) is 34.3 Å². The van der Waals surface area contributed by atoms with Gasteiger partial charge in [0.2, 0.25) is 5.13 Å². The van der Waals surface area contributed by atoms with Gasteiger partial charge in [-0.3, -0.25) is 9.08 Å². The molecule has 0 spiro atoms. The molecular formula is C15H14N8S. The van der Waals surface area contributed by atoms with Crippen LogP contribution in [0.5, 0.6) is 0 Å². The zero-order chi connectivity index (χ0) is 16.1. The summed E-state index contributed by atoms with van der Waals surface area (Å²) in [6.07, 6.45) is 11.7. The Morgan fingerprint density at radius 2 is 2.12 bits per heavy atom. The zero-order valence-electron chi connectivity index (χ0n) is 12.9. The Labute approximate surface area is 141 Å². The Morgan fingerprint density at radius 3 is 2.92 bits per heavy atom. The van der Waals surface area contributed by atoms with Crippen LogP contribution in [0.3, 0.4) is 0 Å². The highest BCUT2D eigenvalue weighted by Gasteiger charge is 2.27. The van der Waals surface area contributed by atoms with Crippen molar-refractivity contribution >= 4 is 27.9 Å². The number of fused-ring (bicyclic) bond motifs is 1. The third kappa shape index (κ3) is 2.24. The van der Waals surface area contributed by atoms with Crippen LogP contribution >= 0.6 is 11.3 Å². The molecule has 0 aromatic carbocycles. The molecule has 120 valence electrons. The second-order valence-corrected chi connectivity index (χ2v) is 6.87. The lowest BCUT2D eigenvalue weighted by Crippen LogP contribution is -1.98. The van der Waals surface area contributed by atoms with Gasteiger partial charge in [-0.2, -0.15) is 5.10 Å². The quantitative estimate of drug-likeness (QED) is 0.615. The summed E-state index contributed by atoms with van der Waals surface area (Å²) in [5, 5.41) is 17.8. The van der Waals surface area contributed by atoms with Crippen molar-refractivity contribution in [2.75, 3.05) is 5.32 Å². The first-order valence-electron chi connectivity index (χ1n) is 7.69. The van der Waals surface area contributed by atoms with Gasteiger partial charge >= 0.3 is 0 Å². The van der Waals surface area contributed by atoms with E-state index in [1.807, 2.05) is 36.2 Å². The molecule has 5 rings (SSSR count). The van der Waals surface area contributed by atoms with Gasteiger partial charge in [0.25, 0.3) is 0 Å². The van der Waals surface area contributed by atoms with Crippen molar-refractivity contribution in [3.8, 4) is 11.3 Å². The first-order valence-corrected chi connectivity index (χ1v) is 8.51. The van der Waals surface area contributed by atoms with Gasteiger partial charge in [0, 0.05) is 37.1 Å². The van der Waals surface area contributed by atoms with Crippen LogP contribution in [0.25, 0.3) is 16.9 Å². The van der Waals surface area contributed by atoms with E-state index in [9.17, 15) is 0 Å². The zero-order valence-corrected chi connectivity index (χ0v) is 13.7. The first kappa shape index (κ1) is 13.6. The number of hydrogen-bond donors (Lipinski definition) is 1. The second-order valence-electron chi connectivity index (χ2n) is 5.86. The van der Waals surface area contributed by atoms with Gasteiger partial charge in [0.05, 0.1) is 18.1 Å². The van der Waals surface area contributed by atoms with Crippen molar-refractivity contribution in [3.05, 3.63) is 36.0 Å². The SMILES string of the molecule is Cn1cc(-c2cnc3c(Nc4nnc(C5CC5)s4)nccn23)cn1. The molecule has 0 unspecified atom stereocenters. The molecule has 1 fully saturated rings. The van der Waals surface area contributed by atoms with Crippen molar-refractivity contribution in [2.24, 2.45) is 7.05 Å². The van der Waals surface area contributed by atoms with E-state index >= 15 is 0 Å². The van der Waals surface area contributed by atoms with Crippen LogP contribution < -0.4 is 5.32 Å². The van der Waals surface area contributed by atoms with E-state index in [2.05, 4.69) is 30.6 Å². The standard InChI is InChI=1S/C15H14N8S/c1-22-8-10(6-18-22)11-7-17-13-12(16-4-5-23(11)13)19-15-21-20-14(24-15)9-2-3-9/h4-9H,2-3H2,1H3,(H,16,19,21). The van der Waals surface area contributed by atoms with Crippen molar-refractivity contribution < 1.29 is 0 Å². The van der Waals surface area contributed by atoms with Gasteiger partial charge in [0.1, 0.15) is 5.01 Å². The van der Waals surface area contributed by atoms with Gasteiger partial charge in [-0.1, -0.05) is 11.3 Å². The molecule has 0 saturated heterocycles. The number of imidazole rings is 1. The number of nitrogens with one attached hydrogen (secondary N) is 1. The summed E-state index contributed by atoms with van der Waals surface area (Å²) in [6, 6.07) is 0. The number of anilines is 2. The number of nitrogens with zero attached hydrogens (tertiary/aromatic N) is 7. The fourth-order valence-electron chi connectivity index (χ4n) is 2.66. The molecule has 24 heavy (non-hydrogen) atoms. The lowest BCUT2D eigenvalue weighted by atomic mass is 10.3. The van der Waals surface area contributed by atoms with Gasteiger partial charge in [-0.25, -0.2) is 9.97 Å². The van der Waals surface area contributed by atoms with Crippen LogP contribution in [0.4, 0.5) is 10.9 Å². The summed E-state index contributed by atoms with van der Waals surface area (Å²) in [7, 11) is 1.90. The minimum absolute atomic E-state index is 0.602. The summed E-state index contributed by atoms with van der Waals surface area (Å²) in [6.45, 7) is 0. The number of rotatable bonds is 4. The minimum atomic E-state index is 0.602. The summed E-state index contributed by atoms with van der Waals surface area (Å²) in [4.78, 5) is 8.92. The summed E-state index contributed by atoms with van der Waals surface area (Å²) >= 11 is 1.59. The Balaban J connectivity index is 1.52. The highest BCUT2D eigenvalue weighted by atomic mass is 32.1. The van der Waals surface area contributed by atoms with Gasteiger partial charge in [-0.05, 0) is 12.8 Å². The van der Waals surface area contributed by atoms with Gasteiger partial charge in [-0.15, -0.1) is 10.2 Å².